The third-order valence-corrected chi connectivity index (χ3v) is 4.39. The molecule has 3 aromatic rings. The van der Waals surface area contributed by atoms with Crippen molar-refractivity contribution in [2.45, 2.75) is 20.3 Å². The Morgan fingerprint density at radius 3 is 2.50 bits per heavy atom. The molecule has 148 valence electrons. The van der Waals surface area contributed by atoms with E-state index in [0.29, 0.717) is 12.5 Å². The van der Waals surface area contributed by atoms with Gasteiger partial charge in [0.2, 0.25) is 0 Å². The number of hydrogen-bond donors (Lipinski definition) is 2. The molecule has 0 spiro atoms. The molecule has 0 fully saturated rings. The first-order chi connectivity index (χ1) is 13.0. The summed E-state index contributed by atoms with van der Waals surface area (Å²) in [6.45, 7) is 4.69. The molecule has 0 aliphatic carbocycles. The number of nitrogens with zero attached hydrogens (tertiary/aromatic N) is 3. The van der Waals surface area contributed by atoms with Gasteiger partial charge in [-0.15, -0.1) is 24.0 Å². The number of aromatic nitrogens is 2. The van der Waals surface area contributed by atoms with Crippen molar-refractivity contribution >= 4 is 35.6 Å². The number of benzene rings is 2. The summed E-state index contributed by atoms with van der Waals surface area (Å²) >= 11 is 0. The number of anilines is 1. The quantitative estimate of drug-likeness (QED) is 0.304. The number of rotatable bonds is 6. The number of aryl methyl sites for hydroxylation is 2. The molecule has 0 bridgehead atoms. The van der Waals surface area contributed by atoms with Crippen molar-refractivity contribution in [2.75, 3.05) is 11.9 Å². The van der Waals surface area contributed by atoms with Crippen LogP contribution in [0.15, 0.2) is 59.6 Å². The number of nitrogens with one attached hydrogen (secondary N) is 1. The Balaban J connectivity index is 0.00000280. The van der Waals surface area contributed by atoms with Gasteiger partial charge >= 0.3 is 0 Å². The Kier molecular flexibility index (Phi) is 7.86. The molecule has 7 heteroatoms. The Bertz CT molecular complexity index is 937. The van der Waals surface area contributed by atoms with Crippen molar-refractivity contribution in [3.8, 4) is 11.5 Å². The van der Waals surface area contributed by atoms with E-state index in [9.17, 15) is 0 Å². The summed E-state index contributed by atoms with van der Waals surface area (Å²) < 4.78 is 7.74. The summed E-state index contributed by atoms with van der Waals surface area (Å²) in [6, 6.07) is 17.3. The lowest BCUT2D eigenvalue weighted by Gasteiger charge is -2.09. The maximum Gasteiger partial charge on any atom is 0.193 e. The maximum absolute atomic E-state index is 6.03. The second kappa shape index (κ2) is 10.1. The zero-order chi connectivity index (χ0) is 19.2. The van der Waals surface area contributed by atoms with E-state index in [-0.39, 0.29) is 24.0 Å². The van der Waals surface area contributed by atoms with Crippen LogP contribution in [-0.4, -0.2) is 22.3 Å². The van der Waals surface area contributed by atoms with Gasteiger partial charge in [-0.2, -0.15) is 5.10 Å². The molecule has 2 aromatic carbocycles. The molecule has 0 unspecified atom stereocenters. The van der Waals surface area contributed by atoms with E-state index in [1.54, 1.807) is 0 Å². The molecule has 0 saturated heterocycles. The smallest absolute Gasteiger partial charge is 0.193 e. The first-order valence-corrected chi connectivity index (χ1v) is 8.92. The number of ether oxygens (including phenoxy) is 1. The van der Waals surface area contributed by atoms with E-state index in [1.807, 2.05) is 73.3 Å². The highest BCUT2D eigenvalue weighted by Gasteiger charge is 2.08. The summed E-state index contributed by atoms with van der Waals surface area (Å²) in [5, 5.41) is 7.54. The second-order valence-electron chi connectivity index (χ2n) is 6.36. The highest BCUT2D eigenvalue weighted by atomic mass is 127. The van der Waals surface area contributed by atoms with Gasteiger partial charge in [0.05, 0.1) is 5.69 Å². The monoisotopic (exact) mass is 491 g/mol. The van der Waals surface area contributed by atoms with Crippen LogP contribution in [0, 0.1) is 13.8 Å². The van der Waals surface area contributed by atoms with Crippen LogP contribution in [0.4, 0.5) is 5.69 Å². The summed E-state index contributed by atoms with van der Waals surface area (Å²) in [4.78, 5) is 4.43. The van der Waals surface area contributed by atoms with Gasteiger partial charge in [-0.05, 0) is 50.1 Å². The van der Waals surface area contributed by atoms with Crippen molar-refractivity contribution in [3.63, 3.8) is 0 Å². The molecular formula is C21H26IN5O. The fourth-order valence-corrected chi connectivity index (χ4v) is 2.92. The zero-order valence-corrected chi connectivity index (χ0v) is 18.7. The van der Waals surface area contributed by atoms with Gasteiger partial charge < -0.3 is 15.8 Å². The van der Waals surface area contributed by atoms with Crippen LogP contribution in [0.1, 0.15) is 17.0 Å². The van der Waals surface area contributed by atoms with Crippen molar-refractivity contribution < 1.29 is 4.74 Å². The van der Waals surface area contributed by atoms with Gasteiger partial charge in [0.15, 0.2) is 5.96 Å². The van der Waals surface area contributed by atoms with Crippen molar-refractivity contribution in [3.05, 3.63) is 71.5 Å². The lowest BCUT2D eigenvalue weighted by Crippen LogP contribution is -2.23. The third-order valence-electron chi connectivity index (χ3n) is 4.39. The van der Waals surface area contributed by atoms with E-state index in [1.165, 1.54) is 11.3 Å². The summed E-state index contributed by atoms with van der Waals surface area (Å²) in [7, 11) is 1.95. The fourth-order valence-electron chi connectivity index (χ4n) is 2.92. The molecule has 0 radical (unpaired) electrons. The molecule has 6 nitrogen and oxygen atoms in total. The number of aliphatic imine (C=N–C) groups is 1. The fraction of sp³-hybridized carbons (Fsp3) is 0.238. The van der Waals surface area contributed by atoms with E-state index in [0.717, 1.165) is 29.3 Å². The first kappa shape index (κ1) is 21.7. The minimum absolute atomic E-state index is 0. The minimum Gasteiger partial charge on any atom is -0.457 e. The van der Waals surface area contributed by atoms with Crippen LogP contribution in [0.3, 0.4) is 0 Å². The van der Waals surface area contributed by atoms with Gasteiger partial charge in [-0.3, -0.25) is 9.67 Å². The SMILES string of the molecule is Cc1nn(C)c(C)c1CCN=C(N)Nc1cccc(Oc2ccccc2)c1.I. The molecule has 0 atom stereocenters. The lowest BCUT2D eigenvalue weighted by atomic mass is 10.1. The molecule has 0 aliphatic heterocycles. The molecule has 3 rings (SSSR count). The minimum atomic E-state index is 0. The standard InChI is InChI=1S/C21H25N5O.HI/c1-15-20(16(2)26(3)25-15)12-13-23-21(22)24-17-8-7-11-19(14-17)27-18-9-5-4-6-10-18;/h4-11,14H,12-13H2,1-3H3,(H3,22,23,24);1H. The third kappa shape index (κ3) is 5.72. The Labute approximate surface area is 182 Å². The number of nitrogens with two attached hydrogens (primary N) is 1. The molecule has 0 amide bonds. The van der Waals surface area contributed by atoms with Crippen LogP contribution in [0.25, 0.3) is 0 Å². The largest absolute Gasteiger partial charge is 0.457 e. The van der Waals surface area contributed by atoms with Crippen LogP contribution in [0.2, 0.25) is 0 Å². The average Bonchev–Trinajstić information content (AvgIpc) is 2.89. The Morgan fingerprint density at radius 2 is 1.82 bits per heavy atom. The number of para-hydroxylation sites is 1. The van der Waals surface area contributed by atoms with E-state index in [2.05, 4.69) is 22.3 Å². The van der Waals surface area contributed by atoms with Crippen LogP contribution in [0.5, 0.6) is 11.5 Å². The van der Waals surface area contributed by atoms with E-state index in [4.69, 9.17) is 10.5 Å². The number of halogens is 1. The van der Waals surface area contributed by atoms with E-state index < -0.39 is 0 Å². The lowest BCUT2D eigenvalue weighted by molar-refractivity contribution is 0.483. The molecule has 0 aliphatic rings. The number of guanidine groups is 1. The molecule has 3 N–H and O–H groups in total. The normalized spacial score (nSPS) is 11.0. The molecule has 1 aromatic heterocycles. The first-order valence-electron chi connectivity index (χ1n) is 8.92. The van der Waals surface area contributed by atoms with Gasteiger partial charge in [-0.1, -0.05) is 24.3 Å². The van der Waals surface area contributed by atoms with E-state index >= 15 is 0 Å². The Hall–Kier alpha value is -2.55. The molecule has 1 heterocycles. The molecule has 0 saturated carbocycles. The van der Waals surface area contributed by atoms with Crippen molar-refractivity contribution in [2.24, 2.45) is 17.8 Å². The van der Waals surface area contributed by atoms with Crippen LogP contribution >= 0.6 is 24.0 Å². The summed E-state index contributed by atoms with van der Waals surface area (Å²) in [5.74, 6) is 1.91. The second-order valence-corrected chi connectivity index (χ2v) is 6.36. The Morgan fingerprint density at radius 1 is 1.11 bits per heavy atom. The van der Waals surface area contributed by atoms with Gasteiger partial charge in [0, 0.05) is 31.0 Å². The maximum atomic E-state index is 6.03. The zero-order valence-electron chi connectivity index (χ0n) is 16.3. The van der Waals surface area contributed by atoms with Crippen molar-refractivity contribution in [1.29, 1.82) is 0 Å². The topological polar surface area (TPSA) is 77.5 Å². The summed E-state index contributed by atoms with van der Waals surface area (Å²) in [6.07, 6.45) is 0.811. The highest BCUT2D eigenvalue weighted by Crippen LogP contribution is 2.23. The molecular weight excluding hydrogens is 465 g/mol. The molecule has 28 heavy (non-hydrogen) atoms. The van der Waals surface area contributed by atoms with Crippen LogP contribution < -0.4 is 15.8 Å². The number of hydrogen-bond acceptors (Lipinski definition) is 3. The highest BCUT2D eigenvalue weighted by molar-refractivity contribution is 14.0. The predicted octanol–water partition coefficient (Wildman–Crippen LogP) is 4.42. The van der Waals surface area contributed by atoms with Gasteiger partial charge in [-0.25, -0.2) is 0 Å². The van der Waals surface area contributed by atoms with Crippen molar-refractivity contribution in [1.82, 2.24) is 9.78 Å². The summed E-state index contributed by atoms with van der Waals surface area (Å²) in [5.41, 5.74) is 10.3. The van der Waals surface area contributed by atoms with Gasteiger partial charge in [0.1, 0.15) is 11.5 Å². The average molecular weight is 491 g/mol. The van der Waals surface area contributed by atoms with Gasteiger partial charge in [0.25, 0.3) is 0 Å². The van der Waals surface area contributed by atoms with Crippen LogP contribution in [-0.2, 0) is 13.5 Å². The predicted molar refractivity (Wildman–Crippen MR) is 125 cm³/mol.